The molecule has 1 amide bonds. The summed E-state index contributed by atoms with van der Waals surface area (Å²) in [4.78, 5) is 17.3. The highest BCUT2D eigenvalue weighted by Gasteiger charge is 2.32. The number of aliphatic hydroxyl groups is 2. The number of aryl methyl sites for hydroxylation is 1. The van der Waals surface area contributed by atoms with Crippen molar-refractivity contribution in [1.82, 2.24) is 14.3 Å². The summed E-state index contributed by atoms with van der Waals surface area (Å²) in [6.45, 7) is 5.82. The number of amides is 1. The van der Waals surface area contributed by atoms with Gasteiger partial charge in [-0.15, -0.1) is 0 Å². The smallest absolute Gasteiger partial charge is 0.268 e. The molecule has 0 radical (unpaired) electrons. The molecule has 1 fully saturated rings. The summed E-state index contributed by atoms with van der Waals surface area (Å²) in [6.07, 6.45) is 7.09. The van der Waals surface area contributed by atoms with Crippen LogP contribution in [0.25, 0.3) is 0 Å². The summed E-state index contributed by atoms with van der Waals surface area (Å²) >= 11 is 0. The SMILES string of the molecule is Cc1ccc(S(=O)(=O)n2cnc(C[C@H](N)C(=O)N[C@@H](CC3CCCCC3)[C@@H](O)[C@@H](O)CC(C)C)c2)cc1. The molecule has 0 spiro atoms. The van der Waals surface area contributed by atoms with Gasteiger partial charge in [0.2, 0.25) is 5.91 Å². The topological polar surface area (TPSA) is 148 Å². The standard InChI is InChI=1S/C27H42N4O5S/c1-18(2)13-25(32)26(33)24(14-20-7-5-4-6-8-20)30-27(34)23(28)15-21-16-31(17-29-21)37(35,36)22-11-9-19(3)10-12-22/h9-12,16-18,20,23-26,32-33H,4-8,13-15,28H2,1-3H3,(H,30,34)/t23-,24-,25-,26+/m0/s1. The van der Waals surface area contributed by atoms with Crippen molar-refractivity contribution < 1.29 is 23.4 Å². The number of aliphatic hydroxyl groups excluding tert-OH is 2. The number of benzene rings is 1. The quantitative estimate of drug-likeness (QED) is 0.327. The van der Waals surface area contributed by atoms with E-state index in [4.69, 9.17) is 5.73 Å². The Labute approximate surface area is 220 Å². The third kappa shape index (κ3) is 8.10. The Hall–Kier alpha value is -2.27. The number of hydrogen-bond donors (Lipinski definition) is 4. The summed E-state index contributed by atoms with van der Waals surface area (Å²) in [5.74, 6) is 0.107. The minimum Gasteiger partial charge on any atom is -0.390 e. The molecule has 3 rings (SSSR count). The number of imidazole rings is 1. The zero-order valence-corrected chi connectivity index (χ0v) is 22.9. The second-order valence-electron chi connectivity index (χ2n) is 10.9. The first-order valence-corrected chi connectivity index (χ1v) is 14.7. The Bertz CT molecular complexity index is 1110. The van der Waals surface area contributed by atoms with Crippen molar-refractivity contribution in [2.75, 3.05) is 0 Å². The molecule has 2 aromatic rings. The van der Waals surface area contributed by atoms with Crippen LogP contribution >= 0.6 is 0 Å². The molecule has 9 nitrogen and oxygen atoms in total. The lowest BCUT2D eigenvalue weighted by Gasteiger charge is -2.33. The largest absolute Gasteiger partial charge is 0.390 e. The van der Waals surface area contributed by atoms with Gasteiger partial charge in [0, 0.05) is 12.6 Å². The molecule has 0 aliphatic heterocycles. The molecule has 0 saturated heterocycles. The van der Waals surface area contributed by atoms with Crippen LogP contribution in [0.15, 0.2) is 41.7 Å². The monoisotopic (exact) mass is 534 g/mol. The van der Waals surface area contributed by atoms with Crippen molar-refractivity contribution in [3.8, 4) is 0 Å². The summed E-state index contributed by atoms with van der Waals surface area (Å²) in [7, 11) is -3.81. The number of carbonyl (C=O) groups excluding carboxylic acids is 1. The Morgan fingerprint density at radius 1 is 1.16 bits per heavy atom. The van der Waals surface area contributed by atoms with E-state index in [1.165, 1.54) is 31.1 Å². The number of nitrogens with zero attached hydrogens (tertiary/aromatic N) is 2. The van der Waals surface area contributed by atoms with Gasteiger partial charge in [-0.2, -0.15) is 0 Å². The van der Waals surface area contributed by atoms with Gasteiger partial charge < -0.3 is 21.3 Å². The van der Waals surface area contributed by atoms with Crippen molar-refractivity contribution in [2.24, 2.45) is 17.6 Å². The van der Waals surface area contributed by atoms with Crippen molar-refractivity contribution in [3.05, 3.63) is 48.0 Å². The molecular formula is C27H42N4O5S. The molecular weight excluding hydrogens is 492 g/mol. The van der Waals surface area contributed by atoms with Gasteiger partial charge in [0.05, 0.1) is 28.8 Å². The van der Waals surface area contributed by atoms with Gasteiger partial charge in [0.15, 0.2) is 0 Å². The minimum absolute atomic E-state index is 0.0308. The van der Waals surface area contributed by atoms with E-state index in [-0.39, 0.29) is 17.2 Å². The van der Waals surface area contributed by atoms with Crippen molar-refractivity contribution >= 4 is 15.9 Å². The average molecular weight is 535 g/mol. The molecule has 4 atom stereocenters. The fraction of sp³-hybridized carbons (Fsp3) is 0.630. The van der Waals surface area contributed by atoms with Gasteiger partial charge >= 0.3 is 0 Å². The lowest BCUT2D eigenvalue weighted by atomic mass is 9.82. The second-order valence-corrected chi connectivity index (χ2v) is 12.7. The molecule has 5 N–H and O–H groups in total. The zero-order valence-electron chi connectivity index (χ0n) is 22.1. The lowest BCUT2D eigenvalue weighted by Crippen LogP contribution is -2.54. The fourth-order valence-corrected chi connectivity index (χ4v) is 6.13. The Kier molecular flexibility index (Phi) is 10.3. The van der Waals surface area contributed by atoms with Crippen LogP contribution in [-0.2, 0) is 21.2 Å². The molecule has 1 aliphatic rings. The molecule has 1 heterocycles. The van der Waals surface area contributed by atoms with Gasteiger partial charge in [-0.3, -0.25) is 4.79 Å². The summed E-state index contributed by atoms with van der Waals surface area (Å²) in [6, 6.07) is 4.91. The number of aromatic nitrogens is 2. The van der Waals surface area contributed by atoms with Crippen LogP contribution < -0.4 is 11.1 Å². The molecule has 0 unspecified atom stereocenters. The number of nitrogens with two attached hydrogens (primary N) is 1. The second kappa shape index (κ2) is 13.0. The lowest BCUT2D eigenvalue weighted by molar-refractivity contribution is -0.125. The third-order valence-corrected chi connectivity index (χ3v) is 8.76. The highest BCUT2D eigenvalue weighted by molar-refractivity contribution is 7.90. The van der Waals surface area contributed by atoms with Gasteiger partial charge in [-0.25, -0.2) is 17.4 Å². The molecule has 10 heteroatoms. The minimum atomic E-state index is -3.81. The Balaban J connectivity index is 1.67. The number of rotatable bonds is 12. The van der Waals surface area contributed by atoms with Crippen molar-refractivity contribution in [2.45, 2.75) is 101 Å². The average Bonchev–Trinajstić information content (AvgIpc) is 3.33. The first-order chi connectivity index (χ1) is 17.5. The summed E-state index contributed by atoms with van der Waals surface area (Å²) < 4.78 is 26.8. The predicted molar refractivity (Wildman–Crippen MR) is 142 cm³/mol. The maximum Gasteiger partial charge on any atom is 0.268 e. The van der Waals surface area contributed by atoms with Gasteiger partial charge in [0.25, 0.3) is 10.0 Å². The van der Waals surface area contributed by atoms with E-state index in [1.54, 1.807) is 12.1 Å². The van der Waals surface area contributed by atoms with Gasteiger partial charge in [-0.1, -0.05) is 63.6 Å². The van der Waals surface area contributed by atoms with E-state index in [0.717, 1.165) is 35.2 Å². The van der Waals surface area contributed by atoms with Crippen LogP contribution in [0.5, 0.6) is 0 Å². The van der Waals surface area contributed by atoms with E-state index in [1.807, 2.05) is 20.8 Å². The van der Waals surface area contributed by atoms with E-state index >= 15 is 0 Å². The maximum atomic E-state index is 13.0. The Morgan fingerprint density at radius 3 is 2.43 bits per heavy atom. The zero-order chi connectivity index (χ0) is 27.2. The first kappa shape index (κ1) is 29.3. The number of hydrogen-bond acceptors (Lipinski definition) is 7. The highest BCUT2D eigenvalue weighted by Crippen LogP contribution is 2.29. The van der Waals surface area contributed by atoms with Crippen LogP contribution in [0.2, 0.25) is 0 Å². The molecule has 37 heavy (non-hydrogen) atoms. The molecule has 1 aromatic carbocycles. The molecule has 206 valence electrons. The van der Waals surface area contributed by atoms with E-state index in [2.05, 4.69) is 10.3 Å². The van der Waals surface area contributed by atoms with E-state index in [0.29, 0.717) is 24.5 Å². The molecule has 0 bridgehead atoms. The van der Waals surface area contributed by atoms with Crippen LogP contribution in [0.4, 0.5) is 0 Å². The van der Waals surface area contributed by atoms with Crippen LogP contribution in [0.1, 0.15) is 70.1 Å². The van der Waals surface area contributed by atoms with Crippen LogP contribution in [0.3, 0.4) is 0 Å². The number of carbonyl (C=O) groups is 1. The van der Waals surface area contributed by atoms with E-state index in [9.17, 15) is 23.4 Å². The fourth-order valence-electron chi connectivity index (χ4n) is 4.98. The van der Waals surface area contributed by atoms with Crippen molar-refractivity contribution in [3.63, 3.8) is 0 Å². The van der Waals surface area contributed by atoms with Crippen LogP contribution in [-0.4, -0.2) is 57.8 Å². The highest BCUT2D eigenvalue weighted by atomic mass is 32.2. The van der Waals surface area contributed by atoms with Crippen LogP contribution in [0, 0.1) is 18.8 Å². The molecule has 1 aliphatic carbocycles. The van der Waals surface area contributed by atoms with E-state index < -0.39 is 40.2 Å². The van der Waals surface area contributed by atoms with Gasteiger partial charge in [-0.05, 0) is 43.7 Å². The normalized spacial score (nSPS) is 18.4. The summed E-state index contributed by atoms with van der Waals surface area (Å²) in [5.41, 5.74) is 7.49. The van der Waals surface area contributed by atoms with Crippen molar-refractivity contribution in [1.29, 1.82) is 0 Å². The number of nitrogens with one attached hydrogen (secondary N) is 1. The summed E-state index contributed by atoms with van der Waals surface area (Å²) in [5, 5.41) is 24.3. The molecule has 1 aromatic heterocycles. The first-order valence-electron chi connectivity index (χ1n) is 13.2. The predicted octanol–water partition coefficient (Wildman–Crippen LogP) is 2.52. The van der Waals surface area contributed by atoms with Gasteiger partial charge in [0.1, 0.15) is 12.4 Å². The molecule has 1 saturated carbocycles. The third-order valence-electron chi connectivity index (χ3n) is 7.13. The maximum absolute atomic E-state index is 13.0. The Morgan fingerprint density at radius 2 is 1.81 bits per heavy atom.